The third kappa shape index (κ3) is 4.86. The molecule has 7 nitrogen and oxygen atoms in total. The number of sulfone groups is 2. The summed E-state index contributed by atoms with van der Waals surface area (Å²) < 4.78 is 69.1. The van der Waals surface area contributed by atoms with Crippen molar-refractivity contribution < 1.29 is 26.0 Å². The van der Waals surface area contributed by atoms with Crippen LogP contribution in [0.3, 0.4) is 0 Å². The molecule has 1 aromatic rings. The lowest BCUT2D eigenvalue weighted by atomic mass is 10.2. The van der Waals surface area contributed by atoms with Crippen molar-refractivity contribution in [3.8, 4) is 0 Å². The van der Waals surface area contributed by atoms with Crippen LogP contribution in [0.2, 0.25) is 0 Å². The first kappa shape index (κ1) is 20.7. The molecule has 2 atom stereocenters. The molecule has 10 heteroatoms. The molecule has 1 N–H and O–H groups in total. The molecule has 0 amide bonds. The normalized spacial score (nSPS) is 26.3. The van der Waals surface area contributed by atoms with E-state index in [1.807, 2.05) is 0 Å². The van der Waals surface area contributed by atoms with E-state index in [4.69, 9.17) is 4.74 Å². The lowest BCUT2D eigenvalue weighted by Gasteiger charge is -2.28. The number of hydrogen-bond donors (Lipinski definition) is 1. The minimum Gasteiger partial charge on any atom is -0.379 e. The van der Waals surface area contributed by atoms with E-state index >= 15 is 0 Å². The van der Waals surface area contributed by atoms with Crippen LogP contribution in [-0.2, 0) is 24.4 Å². The maximum atomic E-state index is 13.3. The number of rotatable bonds is 6. The highest BCUT2D eigenvalue weighted by atomic mass is 32.2. The lowest BCUT2D eigenvalue weighted by molar-refractivity contribution is 0.0382. The van der Waals surface area contributed by atoms with Crippen molar-refractivity contribution in [1.29, 1.82) is 0 Å². The average molecular weight is 421 g/mol. The molecule has 2 heterocycles. The Kier molecular flexibility index (Phi) is 6.21. The zero-order valence-corrected chi connectivity index (χ0v) is 16.9. The molecule has 0 bridgehead atoms. The summed E-state index contributed by atoms with van der Waals surface area (Å²) in [5.41, 5.74) is 0.284. The number of hydrogen-bond acceptors (Lipinski definition) is 7. The van der Waals surface area contributed by atoms with Crippen LogP contribution in [0.4, 0.5) is 4.39 Å². The van der Waals surface area contributed by atoms with E-state index in [1.54, 1.807) is 0 Å². The summed E-state index contributed by atoms with van der Waals surface area (Å²) in [4.78, 5) is 2.18. The van der Waals surface area contributed by atoms with Gasteiger partial charge in [-0.05, 0) is 30.7 Å². The van der Waals surface area contributed by atoms with E-state index < -0.39 is 42.5 Å². The second kappa shape index (κ2) is 8.12. The number of halogens is 1. The van der Waals surface area contributed by atoms with Gasteiger partial charge in [0.2, 0.25) is 0 Å². The van der Waals surface area contributed by atoms with Gasteiger partial charge < -0.3 is 10.1 Å². The Balaban J connectivity index is 1.74. The molecule has 2 saturated heterocycles. The van der Waals surface area contributed by atoms with E-state index in [0.29, 0.717) is 26.3 Å². The monoisotopic (exact) mass is 420 g/mol. The summed E-state index contributed by atoms with van der Waals surface area (Å²) in [6, 6.07) is 2.78. The highest BCUT2D eigenvalue weighted by Gasteiger charge is 2.46. The Morgan fingerprint density at radius 1 is 1.26 bits per heavy atom. The van der Waals surface area contributed by atoms with Gasteiger partial charge in [0.15, 0.2) is 19.7 Å². The molecule has 27 heavy (non-hydrogen) atoms. The van der Waals surface area contributed by atoms with Crippen molar-refractivity contribution in [2.24, 2.45) is 0 Å². The second-order valence-electron chi connectivity index (χ2n) is 7.08. The Hall–Kier alpha value is -1.07. The number of ether oxygens (including phenoxy) is 1. The van der Waals surface area contributed by atoms with Gasteiger partial charge in [-0.3, -0.25) is 4.90 Å². The van der Waals surface area contributed by atoms with Crippen LogP contribution in [-0.4, -0.2) is 83.9 Å². The molecule has 0 radical (unpaired) electrons. The van der Waals surface area contributed by atoms with Crippen LogP contribution < -0.4 is 5.32 Å². The van der Waals surface area contributed by atoms with Gasteiger partial charge in [-0.2, -0.15) is 0 Å². The highest BCUT2D eigenvalue weighted by Crippen LogP contribution is 2.28. The minimum atomic E-state index is -3.90. The summed E-state index contributed by atoms with van der Waals surface area (Å²) in [6.07, 6.45) is 0. The van der Waals surface area contributed by atoms with Crippen LogP contribution in [0, 0.1) is 12.7 Å². The predicted molar refractivity (Wildman–Crippen MR) is 99.8 cm³/mol. The molecule has 0 unspecified atom stereocenters. The van der Waals surface area contributed by atoms with Gasteiger partial charge in [0.25, 0.3) is 0 Å². The van der Waals surface area contributed by atoms with E-state index in [-0.39, 0.29) is 16.2 Å². The van der Waals surface area contributed by atoms with Crippen LogP contribution in [0.25, 0.3) is 0 Å². The van der Waals surface area contributed by atoms with Crippen molar-refractivity contribution in [3.05, 3.63) is 29.6 Å². The van der Waals surface area contributed by atoms with Crippen molar-refractivity contribution in [2.45, 2.75) is 23.1 Å². The zero-order chi connectivity index (χ0) is 19.7. The number of benzene rings is 1. The quantitative estimate of drug-likeness (QED) is 0.648. The molecule has 0 saturated carbocycles. The van der Waals surface area contributed by atoms with Crippen molar-refractivity contribution in [3.63, 3.8) is 0 Å². The summed E-state index contributed by atoms with van der Waals surface area (Å²) in [5, 5.41) is 2.05. The molecule has 2 aliphatic rings. The minimum absolute atomic E-state index is 0.00835. The van der Waals surface area contributed by atoms with Crippen LogP contribution >= 0.6 is 0 Å². The van der Waals surface area contributed by atoms with E-state index in [2.05, 4.69) is 10.2 Å². The van der Waals surface area contributed by atoms with Gasteiger partial charge in [-0.25, -0.2) is 21.2 Å². The van der Waals surface area contributed by atoms with Gasteiger partial charge >= 0.3 is 0 Å². The van der Waals surface area contributed by atoms with Gasteiger partial charge in [-0.15, -0.1) is 0 Å². The van der Waals surface area contributed by atoms with Crippen molar-refractivity contribution in [1.82, 2.24) is 10.2 Å². The third-order valence-corrected chi connectivity index (χ3v) is 9.39. The molecular weight excluding hydrogens is 395 g/mol. The first-order chi connectivity index (χ1) is 12.7. The second-order valence-corrected chi connectivity index (χ2v) is 11.4. The topological polar surface area (TPSA) is 92.8 Å². The zero-order valence-electron chi connectivity index (χ0n) is 15.2. The standard InChI is InChI=1S/C17H25FN2O5S2/c1-13-10-14(18)2-3-16(13)27(23,24)17-12-26(21,22)11-15(17)19-4-5-20-6-8-25-9-7-20/h2-3,10,15,17,19H,4-9,11-12H2,1H3/t15-,17-/m0/s1. The summed E-state index contributed by atoms with van der Waals surface area (Å²) in [5.74, 6) is -1.15. The predicted octanol–water partition coefficient (Wildman–Crippen LogP) is -0.00478. The largest absolute Gasteiger partial charge is 0.379 e. The van der Waals surface area contributed by atoms with Crippen molar-refractivity contribution >= 4 is 19.7 Å². The first-order valence-electron chi connectivity index (χ1n) is 8.93. The van der Waals surface area contributed by atoms with E-state index in [1.165, 1.54) is 13.0 Å². The molecule has 3 rings (SSSR count). The first-order valence-corrected chi connectivity index (χ1v) is 12.3. The smallest absolute Gasteiger partial charge is 0.184 e. The highest BCUT2D eigenvalue weighted by molar-refractivity contribution is 7.96. The molecule has 2 fully saturated rings. The summed E-state index contributed by atoms with van der Waals surface area (Å²) in [7, 11) is -7.36. The van der Waals surface area contributed by atoms with Gasteiger partial charge in [0.1, 0.15) is 5.82 Å². The van der Waals surface area contributed by atoms with Gasteiger partial charge in [0, 0.05) is 32.2 Å². The van der Waals surface area contributed by atoms with Crippen LogP contribution in [0.15, 0.2) is 23.1 Å². The van der Waals surface area contributed by atoms with Gasteiger partial charge in [0.05, 0.1) is 34.9 Å². The summed E-state index contributed by atoms with van der Waals surface area (Å²) >= 11 is 0. The molecular formula is C17H25FN2O5S2. The van der Waals surface area contributed by atoms with Gasteiger partial charge in [-0.1, -0.05) is 0 Å². The maximum Gasteiger partial charge on any atom is 0.184 e. The lowest BCUT2D eigenvalue weighted by Crippen LogP contribution is -2.47. The Morgan fingerprint density at radius 3 is 2.63 bits per heavy atom. The Bertz CT molecular complexity index is 883. The number of morpholine rings is 1. The summed E-state index contributed by atoms with van der Waals surface area (Å²) in [6.45, 7) is 5.65. The fourth-order valence-electron chi connectivity index (χ4n) is 3.64. The van der Waals surface area contributed by atoms with Crippen molar-refractivity contribution in [2.75, 3.05) is 50.9 Å². The Labute approximate surface area is 159 Å². The molecule has 152 valence electrons. The van der Waals surface area contributed by atoms with Crippen LogP contribution in [0.5, 0.6) is 0 Å². The molecule has 0 aromatic heterocycles. The maximum absolute atomic E-state index is 13.3. The fraction of sp³-hybridized carbons (Fsp3) is 0.647. The average Bonchev–Trinajstić information content (AvgIpc) is 2.91. The molecule has 0 spiro atoms. The Morgan fingerprint density at radius 2 is 1.96 bits per heavy atom. The number of aryl methyl sites for hydroxylation is 1. The SMILES string of the molecule is Cc1cc(F)ccc1S(=O)(=O)[C@H]1CS(=O)(=O)C[C@@H]1NCCN1CCOCC1. The molecule has 2 aliphatic heterocycles. The fourth-order valence-corrected chi connectivity index (χ4v) is 8.58. The molecule has 0 aliphatic carbocycles. The van der Waals surface area contributed by atoms with E-state index in [9.17, 15) is 21.2 Å². The number of nitrogens with zero attached hydrogens (tertiary/aromatic N) is 1. The third-order valence-electron chi connectivity index (χ3n) is 5.08. The molecule has 1 aromatic carbocycles. The van der Waals surface area contributed by atoms with E-state index in [0.717, 1.165) is 25.2 Å². The number of nitrogens with one attached hydrogen (secondary N) is 1. The van der Waals surface area contributed by atoms with Crippen LogP contribution in [0.1, 0.15) is 5.56 Å².